The Morgan fingerprint density at radius 2 is 2.22 bits per heavy atom. The lowest BCUT2D eigenvalue weighted by atomic mass is 9.91. The van der Waals surface area contributed by atoms with Gasteiger partial charge in [-0.25, -0.2) is 0 Å². The average Bonchev–Trinajstić information content (AvgIpc) is 2.80. The number of nitrogens with zero attached hydrogens (tertiary/aromatic N) is 3. The molecule has 2 aromatic rings. The van der Waals surface area contributed by atoms with Crippen molar-refractivity contribution in [1.29, 1.82) is 0 Å². The molecule has 0 aliphatic carbocycles. The zero-order chi connectivity index (χ0) is 12.5. The van der Waals surface area contributed by atoms with Crippen LogP contribution in [0.4, 0.5) is 0 Å². The quantitative estimate of drug-likeness (QED) is 0.812. The van der Waals surface area contributed by atoms with E-state index in [4.69, 9.17) is 4.74 Å². The van der Waals surface area contributed by atoms with Gasteiger partial charge in [0.05, 0.1) is 7.11 Å². The molecule has 2 heterocycles. The Bertz CT molecular complexity index is 562. The van der Waals surface area contributed by atoms with Crippen LogP contribution in [0.1, 0.15) is 29.6 Å². The first-order chi connectivity index (χ1) is 8.78. The van der Waals surface area contributed by atoms with Gasteiger partial charge in [-0.3, -0.25) is 0 Å². The monoisotopic (exact) mass is 243 g/mol. The van der Waals surface area contributed by atoms with Crippen LogP contribution in [0.5, 0.6) is 5.75 Å². The average molecular weight is 243 g/mol. The number of aromatic nitrogens is 3. The van der Waals surface area contributed by atoms with Crippen LogP contribution in [0, 0.1) is 6.92 Å². The number of aryl methyl sites for hydroxylation is 2. The zero-order valence-corrected chi connectivity index (χ0v) is 10.8. The lowest BCUT2D eigenvalue weighted by Crippen LogP contribution is -2.19. The summed E-state index contributed by atoms with van der Waals surface area (Å²) >= 11 is 0. The van der Waals surface area contributed by atoms with Crippen LogP contribution in [-0.2, 0) is 13.0 Å². The van der Waals surface area contributed by atoms with E-state index in [1.165, 1.54) is 5.56 Å². The number of methoxy groups -OCH3 is 1. The number of benzene rings is 1. The maximum Gasteiger partial charge on any atom is 0.133 e. The molecule has 1 aromatic carbocycles. The molecular formula is C14H17N3O. The predicted octanol–water partition coefficient (Wildman–Crippen LogP) is 2.33. The molecule has 0 saturated heterocycles. The van der Waals surface area contributed by atoms with Gasteiger partial charge in [0.15, 0.2) is 0 Å². The lowest BCUT2D eigenvalue weighted by molar-refractivity contribution is 0.410. The highest BCUT2D eigenvalue weighted by Crippen LogP contribution is 2.30. The third kappa shape index (κ3) is 1.88. The van der Waals surface area contributed by atoms with Crippen LogP contribution in [-0.4, -0.2) is 21.9 Å². The van der Waals surface area contributed by atoms with Gasteiger partial charge in [0.1, 0.15) is 17.4 Å². The topological polar surface area (TPSA) is 39.9 Å². The molecule has 0 bridgehead atoms. The van der Waals surface area contributed by atoms with Gasteiger partial charge in [0.25, 0.3) is 0 Å². The smallest absolute Gasteiger partial charge is 0.133 e. The molecule has 0 N–H and O–H groups in total. The van der Waals surface area contributed by atoms with Crippen molar-refractivity contribution in [3.05, 3.63) is 41.5 Å². The Balaban J connectivity index is 1.88. The van der Waals surface area contributed by atoms with Crippen LogP contribution in [0.2, 0.25) is 0 Å². The summed E-state index contributed by atoms with van der Waals surface area (Å²) in [5.74, 6) is 3.59. The molecule has 1 atom stereocenters. The first-order valence-electron chi connectivity index (χ1n) is 6.30. The van der Waals surface area contributed by atoms with Gasteiger partial charge in [-0.15, -0.1) is 10.2 Å². The van der Waals surface area contributed by atoms with Crippen molar-refractivity contribution < 1.29 is 4.74 Å². The number of hydrogen-bond donors (Lipinski definition) is 0. The molecule has 0 spiro atoms. The fourth-order valence-electron chi connectivity index (χ4n) is 2.63. The van der Waals surface area contributed by atoms with Crippen LogP contribution < -0.4 is 4.74 Å². The van der Waals surface area contributed by atoms with Crippen LogP contribution in [0.15, 0.2) is 24.3 Å². The van der Waals surface area contributed by atoms with E-state index in [1.807, 2.05) is 13.0 Å². The maximum absolute atomic E-state index is 5.29. The van der Waals surface area contributed by atoms with Gasteiger partial charge in [-0.1, -0.05) is 12.1 Å². The van der Waals surface area contributed by atoms with Crippen molar-refractivity contribution in [3.8, 4) is 5.75 Å². The van der Waals surface area contributed by atoms with Gasteiger partial charge >= 0.3 is 0 Å². The Labute approximate surface area is 107 Å². The SMILES string of the molecule is COc1cccc(C2CCc3nnc(C)n3C2)c1. The molecule has 3 rings (SSSR count). The minimum absolute atomic E-state index is 0.530. The summed E-state index contributed by atoms with van der Waals surface area (Å²) in [4.78, 5) is 0. The third-order valence-corrected chi connectivity index (χ3v) is 3.70. The molecule has 4 nitrogen and oxygen atoms in total. The van der Waals surface area contributed by atoms with E-state index in [2.05, 4.69) is 33.0 Å². The second-order valence-electron chi connectivity index (χ2n) is 4.79. The van der Waals surface area contributed by atoms with Gasteiger partial charge in [-0.2, -0.15) is 0 Å². The number of rotatable bonds is 2. The first-order valence-corrected chi connectivity index (χ1v) is 6.30. The fourth-order valence-corrected chi connectivity index (χ4v) is 2.63. The molecular weight excluding hydrogens is 226 g/mol. The van der Waals surface area contributed by atoms with E-state index in [0.717, 1.165) is 36.8 Å². The van der Waals surface area contributed by atoms with Gasteiger partial charge < -0.3 is 9.30 Å². The van der Waals surface area contributed by atoms with Crippen molar-refractivity contribution in [1.82, 2.24) is 14.8 Å². The van der Waals surface area contributed by atoms with Crippen LogP contribution in [0.3, 0.4) is 0 Å². The highest BCUT2D eigenvalue weighted by Gasteiger charge is 2.22. The van der Waals surface area contributed by atoms with E-state index < -0.39 is 0 Å². The number of hydrogen-bond acceptors (Lipinski definition) is 3. The van der Waals surface area contributed by atoms with E-state index >= 15 is 0 Å². The molecule has 94 valence electrons. The van der Waals surface area contributed by atoms with Crippen molar-refractivity contribution in [2.24, 2.45) is 0 Å². The Hall–Kier alpha value is -1.84. The molecule has 4 heteroatoms. The summed E-state index contributed by atoms with van der Waals surface area (Å²) in [5.41, 5.74) is 1.34. The summed E-state index contributed by atoms with van der Waals surface area (Å²) in [6, 6.07) is 8.36. The van der Waals surface area contributed by atoms with E-state index in [9.17, 15) is 0 Å². The van der Waals surface area contributed by atoms with Crippen molar-refractivity contribution in [3.63, 3.8) is 0 Å². The van der Waals surface area contributed by atoms with Crippen LogP contribution in [0.25, 0.3) is 0 Å². The maximum atomic E-state index is 5.29. The lowest BCUT2D eigenvalue weighted by Gasteiger charge is -2.24. The van der Waals surface area contributed by atoms with Crippen molar-refractivity contribution in [2.75, 3.05) is 7.11 Å². The fraction of sp³-hybridized carbons (Fsp3) is 0.429. The Morgan fingerprint density at radius 3 is 3.06 bits per heavy atom. The molecule has 0 amide bonds. The molecule has 1 unspecified atom stereocenters. The normalized spacial score (nSPS) is 18.4. The van der Waals surface area contributed by atoms with Crippen molar-refractivity contribution >= 4 is 0 Å². The van der Waals surface area contributed by atoms with E-state index in [1.54, 1.807) is 7.11 Å². The van der Waals surface area contributed by atoms with Gasteiger partial charge in [-0.05, 0) is 31.0 Å². The molecule has 18 heavy (non-hydrogen) atoms. The summed E-state index contributed by atoms with van der Waals surface area (Å²) in [7, 11) is 1.71. The molecule has 0 saturated carbocycles. The van der Waals surface area contributed by atoms with Gasteiger partial charge in [0, 0.05) is 18.9 Å². The molecule has 0 radical (unpaired) electrons. The predicted molar refractivity (Wildman–Crippen MR) is 68.8 cm³/mol. The number of ether oxygens (including phenoxy) is 1. The summed E-state index contributed by atoms with van der Waals surface area (Å²) in [6.45, 7) is 2.99. The zero-order valence-electron chi connectivity index (χ0n) is 10.8. The molecule has 1 aliphatic rings. The highest BCUT2D eigenvalue weighted by molar-refractivity contribution is 5.31. The molecule has 0 fully saturated rings. The van der Waals surface area contributed by atoms with Crippen molar-refractivity contribution in [2.45, 2.75) is 32.2 Å². The largest absolute Gasteiger partial charge is 0.497 e. The minimum Gasteiger partial charge on any atom is -0.497 e. The standard InChI is InChI=1S/C14H17N3O/c1-10-15-16-14-7-6-12(9-17(10)14)11-4-3-5-13(8-11)18-2/h3-5,8,12H,6-7,9H2,1-2H3. The summed E-state index contributed by atoms with van der Waals surface area (Å²) < 4.78 is 7.52. The summed E-state index contributed by atoms with van der Waals surface area (Å²) in [5, 5.41) is 8.35. The Kier molecular flexibility index (Phi) is 2.78. The van der Waals surface area contributed by atoms with E-state index in [0.29, 0.717) is 5.92 Å². The molecule has 1 aromatic heterocycles. The van der Waals surface area contributed by atoms with E-state index in [-0.39, 0.29) is 0 Å². The first kappa shape index (κ1) is 11.3. The van der Waals surface area contributed by atoms with Crippen LogP contribution >= 0.6 is 0 Å². The van der Waals surface area contributed by atoms with Gasteiger partial charge in [0.2, 0.25) is 0 Å². The third-order valence-electron chi connectivity index (χ3n) is 3.70. The summed E-state index contributed by atoms with van der Waals surface area (Å²) in [6.07, 6.45) is 2.13. The highest BCUT2D eigenvalue weighted by atomic mass is 16.5. The minimum atomic E-state index is 0.530. The number of fused-ring (bicyclic) bond motifs is 1. The molecule has 1 aliphatic heterocycles. The Morgan fingerprint density at radius 1 is 1.33 bits per heavy atom. The second-order valence-corrected chi connectivity index (χ2v) is 4.79. The second kappa shape index (κ2) is 4.44.